The summed E-state index contributed by atoms with van der Waals surface area (Å²) in [5.41, 5.74) is 2.89. The molecule has 6 heterocycles. The van der Waals surface area contributed by atoms with Gasteiger partial charge in [-0.2, -0.15) is 0 Å². The zero-order valence-corrected chi connectivity index (χ0v) is 28.1. The molecule has 0 saturated carbocycles. The Kier molecular flexibility index (Phi) is 12.6. The first-order chi connectivity index (χ1) is 25.0. The number of hydrogen-bond donors (Lipinski definition) is 8. The minimum absolute atomic E-state index is 0.0548. The lowest BCUT2D eigenvalue weighted by Crippen LogP contribution is -2.58. The largest absolute Gasteiger partial charge is 0.388 e. The summed E-state index contributed by atoms with van der Waals surface area (Å²) in [7, 11) is 0. The van der Waals surface area contributed by atoms with E-state index in [0.717, 1.165) is 11.4 Å². The van der Waals surface area contributed by atoms with Gasteiger partial charge in [-0.1, -0.05) is 22.6 Å². The highest BCUT2D eigenvalue weighted by Crippen LogP contribution is 2.22. The molecule has 2 aliphatic rings. The number of aliphatic hydroxyl groups is 8. The molecule has 52 heavy (non-hydrogen) atoms. The quantitative estimate of drug-likeness (QED) is 0.0579. The van der Waals surface area contributed by atoms with Gasteiger partial charge in [0.05, 0.1) is 35.9 Å². The zero-order chi connectivity index (χ0) is 36.8. The lowest BCUT2D eigenvalue weighted by Gasteiger charge is -2.38. The van der Waals surface area contributed by atoms with Crippen molar-refractivity contribution in [3.05, 3.63) is 84.0 Å². The van der Waals surface area contributed by atoms with Crippen LogP contribution in [0.3, 0.4) is 0 Å². The van der Waals surface area contributed by atoms with E-state index in [1.165, 1.54) is 9.36 Å². The summed E-state index contributed by atoms with van der Waals surface area (Å²) in [6.45, 7) is 2.70. The summed E-state index contributed by atoms with van der Waals surface area (Å²) in [6.07, 6.45) is -8.11. The molecular formula is C32H44N10O10. The fourth-order valence-electron chi connectivity index (χ4n) is 6.14. The second-order valence-electron chi connectivity index (χ2n) is 13.0. The molecule has 10 atom stereocenters. The topological polar surface area (TPSA) is 274 Å². The van der Waals surface area contributed by atoms with Crippen molar-refractivity contribution in [2.75, 3.05) is 13.1 Å². The average Bonchev–Trinajstić information content (AvgIpc) is 3.79. The van der Waals surface area contributed by atoms with E-state index in [-0.39, 0.29) is 13.1 Å². The number of aromatic nitrogens is 8. The average molecular weight is 729 g/mol. The van der Waals surface area contributed by atoms with Gasteiger partial charge < -0.3 is 50.3 Å². The summed E-state index contributed by atoms with van der Waals surface area (Å²) in [6, 6.07) is 11.5. The summed E-state index contributed by atoms with van der Waals surface area (Å²) in [4.78, 5) is 13.3. The van der Waals surface area contributed by atoms with E-state index in [2.05, 4.69) is 40.4 Å². The molecule has 0 bridgehead atoms. The molecule has 0 amide bonds. The number of ether oxygens (including phenoxy) is 2. The predicted molar refractivity (Wildman–Crippen MR) is 175 cm³/mol. The van der Waals surface area contributed by atoms with Crippen molar-refractivity contribution in [1.82, 2.24) is 49.8 Å². The lowest BCUT2D eigenvalue weighted by molar-refractivity contribution is -0.284. The van der Waals surface area contributed by atoms with E-state index in [4.69, 9.17) is 9.47 Å². The van der Waals surface area contributed by atoms with Gasteiger partial charge in [0.25, 0.3) is 0 Å². The normalized spacial score (nSPS) is 29.6. The van der Waals surface area contributed by atoms with Crippen molar-refractivity contribution >= 4 is 0 Å². The fraction of sp³-hybridized carbons (Fsp3) is 0.562. The van der Waals surface area contributed by atoms with Crippen molar-refractivity contribution in [2.45, 2.75) is 101 Å². The van der Waals surface area contributed by atoms with E-state index >= 15 is 0 Å². The van der Waals surface area contributed by atoms with Crippen LogP contribution in [0.2, 0.25) is 0 Å². The second-order valence-corrected chi connectivity index (χ2v) is 13.0. The Bertz CT molecular complexity index is 1550. The van der Waals surface area contributed by atoms with Gasteiger partial charge in [0.15, 0.2) is 12.6 Å². The number of nitrogens with zero attached hydrogens (tertiary/aromatic N) is 10. The Morgan fingerprint density at radius 1 is 0.519 bits per heavy atom. The molecule has 0 unspecified atom stereocenters. The Morgan fingerprint density at radius 3 is 1.31 bits per heavy atom. The van der Waals surface area contributed by atoms with E-state index < -0.39 is 61.4 Å². The van der Waals surface area contributed by atoms with E-state index in [0.29, 0.717) is 50.7 Å². The second kappa shape index (κ2) is 17.3. The van der Waals surface area contributed by atoms with Crippen LogP contribution in [0.25, 0.3) is 0 Å². The van der Waals surface area contributed by atoms with Crippen LogP contribution < -0.4 is 0 Å². The Labute approximate surface area is 297 Å². The van der Waals surface area contributed by atoms with Gasteiger partial charge in [0.2, 0.25) is 0 Å². The van der Waals surface area contributed by atoms with Crippen LogP contribution >= 0.6 is 0 Å². The number of pyridine rings is 2. The van der Waals surface area contributed by atoms with Crippen LogP contribution in [0.4, 0.5) is 0 Å². The van der Waals surface area contributed by atoms with E-state index in [1.54, 1.807) is 24.8 Å². The van der Waals surface area contributed by atoms with Crippen LogP contribution in [-0.4, -0.2) is 165 Å². The van der Waals surface area contributed by atoms with Crippen molar-refractivity contribution in [3.63, 3.8) is 0 Å². The van der Waals surface area contributed by atoms with Gasteiger partial charge in [0, 0.05) is 64.1 Å². The molecular weight excluding hydrogens is 684 g/mol. The van der Waals surface area contributed by atoms with Crippen molar-refractivity contribution in [1.29, 1.82) is 0 Å². The molecule has 2 fully saturated rings. The van der Waals surface area contributed by atoms with Crippen LogP contribution in [0.5, 0.6) is 0 Å². The van der Waals surface area contributed by atoms with Crippen molar-refractivity contribution < 1.29 is 50.3 Å². The predicted octanol–water partition coefficient (Wildman–Crippen LogP) is -4.04. The van der Waals surface area contributed by atoms with Crippen LogP contribution in [0.1, 0.15) is 22.8 Å². The summed E-state index contributed by atoms with van der Waals surface area (Å²) in [5.74, 6) is 0. The smallest absolute Gasteiger partial charge is 0.184 e. The van der Waals surface area contributed by atoms with Crippen molar-refractivity contribution in [2.24, 2.45) is 0 Å². The highest BCUT2D eigenvalue weighted by Gasteiger charge is 2.44. The first kappa shape index (κ1) is 37.8. The maximum atomic E-state index is 10.4. The molecule has 0 radical (unpaired) electrons. The lowest BCUT2D eigenvalue weighted by atomic mass is 9.99. The van der Waals surface area contributed by atoms with E-state index in [9.17, 15) is 40.9 Å². The molecule has 20 heteroatoms. The van der Waals surface area contributed by atoms with Crippen molar-refractivity contribution in [3.8, 4) is 0 Å². The fourth-order valence-corrected chi connectivity index (χ4v) is 6.14. The SMILES string of the molecule is O[C@@H]1[C@@H](O)[C@@H](O)O[C@H](Cn2cc(CN(CCN(Cc3ccccn3)Cc3ccccn3)Cc3cn(C[C@H]4O[C@H](O)[C@H](O)[C@@H](O)[C@H]4O)nn3)nn2)[C@@H]1O. The van der Waals surface area contributed by atoms with Gasteiger partial charge >= 0.3 is 0 Å². The molecule has 0 aliphatic carbocycles. The minimum Gasteiger partial charge on any atom is -0.388 e. The Balaban J connectivity index is 1.16. The molecule has 2 saturated heterocycles. The zero-order valence-electron chi connectivity index (χ0n) is 28.1. The minimum atomic E-state index is -1.68. The van der Waals surface area contributed by atoms with Gasteiger partial charge in [-0.3, -0.25) is 19.8 Å². The first-order valence-corrected chi connectivity index (χ1v) is 16.8. The standard InChI is InChI=1S/C32H44N10O10/c43-25-23(51-31(49)29(47)27(25)45)17-41-15-21(35-37-41)13-40(10-9-39(11-19-5-1-3-7-33-19)12-20-6-2-4-8-34-20)14-22-16-42(38-36-22)18-24-26(44)28(46)30(48)32(50)52-24/h1-8,15-16,23-32,43-50H,9-14,17-18H2/t23-,24-,25+,26+,27+,28+,29-,30-,31+,32+/m1/s1. The van der Waals surface area contributed by atoms with Gasteiger partial charge in [-0.05, 0) is 24.3 Å². The van der Waals surface area contributed by atoms with Gasteiger partial charge in [-0.15, -0.1) is 10.2 Å². The highest BCUT2D eigenvalue weighted by atomic mass is 16.6. The highest BCUT2D eigenvalue weighted by molar-refractivity contribution is 5.06. The molecule has 282 valence electrons. The summed E-state index contributed by atoms with van der Waals surface area (Å²) < 4.78 is 13.4. The molecule has 0 spiro atoms. The summed E-state index contributed by atoms with van der Waals surface area (Å²) in [5, 5.41) is 97.3. The third kappa shape index (κ3) is 9.55. The maximum Gasteiger partial charge on any atom is 0.184 e. The molecule has 8 N–H and O–H groups in total. The number of rotatable bonds is 15. The first-order valence-electron chi connectivity index (χ1n) is 16.8. The van der Waals surface area contributed by atoms with Gasteiger partial charge in [0.1, 0.15) is 48.8 Å². The third-order valence-corrected chi connectivity index (χ3v) is 9.01. The Hall–Kier alpha value is -3.90. The van der Waals surface area contributed by atoms with Crippen LogP contribution in [0.15, 0.2) is 61.2 Å². The monoisotopic (exact) mass is 728 g/mol. The third-order valence-electron chi connectivity index (χ3n) is 9.01. The maximum absolute atomic E-state index is 10.4. The Morgan fingerprint density at radius 2 is 0.923 bits per heavy atom. The molecule has 4 aromatic rings. The van der Waals surface area contributed by atoms with Gasteiger partial charge in [-0.25, -0.2) is 9.36 Å². The number of hydrogen-bond acceptors (Lipinski definition) is 18. The molecule has 0 aromatic carbocycles. The van der Waals surface area contributed by atoms with Crippen LogP contribution in [0, 0.1) is 0 Å². The molecule has 20 nitrogen and oxygen atoms in total. The molecule has 2 aliphatic heterocycles. The number of aliphatic hydroxyl groups excluding tert-OH is 8. The molecule has 6 rings (SSSR count). The van der Waals surface area contributed by atoms with E-state index in [1.807, 2.05) is 36.4 Å². The molecule has 4 aromatic heterocycles. The summed E-state index contributed by atoms with van der Waals surface area (Å²) >= 11 is 0. The van der Waals surface area contributed by atoms with Crippen LogP contribution in [-0.2, 0) is 48.7 Å².